The van der Waals surface area contributed by atoms with Gasteiger partial charge in [-0.15, -0.1) is 0 Å². The highest BCUT2D eigenvalue weighted by molar-refractivity contribution is 5.85. The number of aromatic nitrogens is 1. The van der Waals surface area contributed by atoms with E-state index in [1.54, 1.807) is 6.07 Å². The van der Waals surface area contributed by atoms with Crippen LogP contribution in [0.2, 0.25) is 0 Å². The third-order valence-electron chi connectivity index (χ3n) is 2.06. The normalized spacial score (nSPS) is 10.6. The van der Waals surface area contributed by atoms with Gasteiger partial charge in [-0.3, -0.25) is 0 Å². The van der Waals surface area contributed by atoms with E-state index in [9.17, 15) is 5.11 Å². The Morgan fingerprint density at radius 1 is 1.15 bits per heavy atom. The summed E-state index contributed by atoms with van der Waals surface area (Å²) in [5, 5.41) is 10.6. The van der Waals surface area contributed by atoms with Gasteiger partial charge in [0.05, 0.1) is 0 Å². The van der Waals surface area contributed by atoms with Gasteiger partial charge < -0.3 is 5.11 Å². The number of aryl methyl sites for hydroxylation is 2. The minimum Gasteiger partial charge on any atom is -0.506 e. The zero-order chi connectivity index (χ0) is 9.42. The van der Waals surface area contributed by atoms with Crippen molar-refractivity contribution in [3.8, 4) is 5.75 Å². The first-order valence-electron chi connectivity index (χ1n) is 4.24. The number of rotatable bonds is 0. The molecule has 0 spiro atoms. The Morgan fingerprint density at radius 2 is 1.92 bits per heavy atom. The fraction of sp³-hybridized carbons (Fsp3) is 0.182. The smallest absolute Gasteiger partial charge is 0.142 e. The third-order valence-corrected chi connectivity index (χ3v) is 2.06. The minimum atomic E-state index is 0.263. The lowest BCUT2D eigenvalue weighted by atomic mass is 10.1. The molecule has 0 unspecified atom stereocenters. The van der Waals surface area contributed by atoms with Crippen LogP contribution < -0.4 is 0 Å². The summed E-state index contributed by atoms with van der Waals surface area (Å²) in [7, 11) is 0. The fourth-order valence-corrected chi connectivity index (χ4v) is 1.46. The Hall–Kier alpha value is -1.57. The van der Waals surface area contributed by atoms with E-state index in [-0.39, 0.29) is 5.75 Å². The number of nitrogens with zero attached hydrogens (tertiary/aromatic N) is 1. The molecule has 0 saturated carbocycles. The predicted molar refractivity (Wildman–Crippen MR) is 52.9 cm³/mol. The van der Waals surface area contributed by atoms with Crippen LogP contribution in [0.4, 0.5) is 0 Å². The number of aromatic hydroxyl groups is 1. The van der Waals surface area contributed by atoms with E-state index in [1.165, 1.54) is 0 Å². The van der Waals surface area contributed by atoms with Crippen LogP contribution >= 0.6 is 0 Å². The Kier molecular flexibility index (Phi) is 1.69. The number of hydrogen-bond acceptors (Lipinski definition) is 2. The van der Waals surface area contributed by atoms with Crippen molar-refractivity contribution in [3.63, 3.8) is 0 Å². The quantitative estimate of drug-likeness (QED) is 0.664. The SMILES string of the molecule is Cc1cc(O)c2nc(C)ccc2c1. The molecule has 2 rings (SSSR count). The van der Waals surface area contributed by atoms with Crippen LogP contribution in [-0.4, -0.2) is 10.1 Å². The molecule has 1 aromatic heterocycles. The van der Waals surface area contributed by atoms with Gasteiger partial charge in [-0.25, -0.2) is 4.98 Å². The van der Waals surface area contributed by atoms with Crippen LogP contribution in [0.25, 0.3) is 10.9 Å². The average molecular weight is 173 g/mol. The zero-order valence-corrected chi connectivity index (χ0v) is 7.70. The summed E-state index contributed by atoms with van der Waals surface area (Å²) in [5.74, 6) is 0.263. The summed E-state index contributed by atoms with van der Waals surface area (Å²) in [4.78, 5) is 4.27. The van der Waals surface area contributed by atoms with Crippen molar-refractivity contribution in [2.45, 2.75) is 13.8 Å². The van der Waals surface area contributed by atoms with Gasteiger partial charge in [0.25, 0.3) is 0 Å². The van der Waals surface area contributed by atoms with Crippen molar-refractivity contribution in [1.29, 1.82) is 0 Å². The molecule has 0 atom stereocenters. The molecular formula is C11H11NO. The van der Waals surface area contributed by atoms with Crippen LogP contribution in [0, 0.1) is 13.8 Å². The van der Waals surface area contributed by atoms with Gasteiger partial charge in [0.2, 0.25) is 0 Å². The van der Waals surface area contributed by atoms with E-state index in [4.69, 9.17) is 0 Å². The lowest BCUT2D eigenvalue weighted by molar-refractivity contribution is 0.480. The van der Waals surface area contributed by atoms with Crippen LogP contribution in [0.1, 0.15) is 11.3 Å². The number of fused-ring (bicyclic) bond motifs is 1. The highest BCUT2D eigenvalue weighted by atomic mass is 16.3. The van der Waals surface area contributed by atoms with E-state index >= 15 is 0 Å². The number of phenolic OH excluding ortho intramolecular Hbond substituents is 1. The summed E-state index contributed by atoms with van der Waals surface area (Å²) in [6.45, 7) is 3.87. The Morgan fingerprint density at radius 3 is 2.69 bits per heavy atom. The predicted octanol–water partition coefficient (Wildman–Crippen LogP) is 2.56. The van der Waals surface area contributed by atoms with Gasteiger partial charge in [-0.1, -0.05) is 6.07 Å². The van der Waals surface area contributed by atoms with Gasteiger partial charge in [-0.2, -0.15) is 0 Å². The molecule has 1 heterocycles. The van der Waals surface area contributed by atoms with Gasteiger partial charge in [0.15, 0.2) is 0 Å². The van der Waals surface area contributed by atoms with Crippen molar-refractivity contribution in [1.82, 2.24) is 4.98 Å². The lowest BCUT2D eigenvalue weighted by Gasteiger charge is -2.02. The summed E-state index contributed by atoms with van der Waals surface area (Å²) in [5.41, 5.74) is 2.66. The van der Waals surface area contributed by atoms with E-state index in [2.05, 4.69) is 4.98 Å². The second kappa shape index (κ2) is 2.73. The van der Waals surface area contributed by atoms with Crippen molar-refractivity contribution < 1.29 is 5.11 Å². The number of benzene rings is 1. The first-order chi connectivity index (χ1) is 6.16. The molecule has 0 bridgehead atoms. The molecule has 0 aliphatic heterocycles. The first-order valence-corrected chi connectivity index (χ1v) is 4.24. The van der Waals surface area contributed by atoms with Crippen molar-refractivity contribution in [2.75, 3.05) is 0 Å². The molecule has 13 heavy (non-hydrogen) atoms. The molecule has 66 valence electrons. The largest absolute Gasteiger partial charge is 0.506 e. The number of phenols is 1. The molecule has 1 N–H and O–H groups in total. The van der Waals surface area contributed by atoms with Crippen molar-refractivity contribution in [2.24, 2.45) is 0 Å². The van der Waals surface area contributed by atoms with Gasteiger partial charge in [0.1, 0.15) is 11.3 Å². The van der Waals surface area contributed by atoms with Crippen LogP contribution in [0.15, 0.2) is 24.3 Å². The molecule has 2 nitrogen and oxygen atoms in total. The van der Waals surface area contributed by atoms with Crippen LogP contribution in [0.3, 0.4) is 0 Å². The van der Waals surface area contributed by atoms with E-state index in [0.29, 0.717) is 5.52 Å². The molecule has 0 aliphatic carbocycles. The van der Waals surface area contributed by atoms with E-state index in [1.807, 2.05) is 32.0 Å². The summed E-state index contributed by atoms with van der Waals surface area (Å²) in [6, 6.07) is 7.67. The number of hydrogen-bond donors (Lipinski definition) is 1. The maximum Gasteiger partial charge on any atom is 0.142 e. The maximum atomic E-state index is 9.61. The van der Waals surface area contributed by atoms with Gasteiger partial charge >= 0.3 is 0 Å². The standard InChI is InChI=1S/C11H11NO/c1-7-5-9-4-3-8(2)12-11(9)10(13)6-7/h3-6,13H,1-2H3. The number of pyridine rings is 1. The molecule has 0 aliphatic rings. The highest BCUT2D eigenvalue weighted by Gasteiger charge is 2.01. The monoisotopic (exact) mass is 173 g/mol. The Balaban J connectivity index is 2.87. The topological polar surface area (TPSA) is 33.1 Å². The second-order valence-electron chi connectivity index (χ2n) is 3.31. The third kappa shape index (κ3) is 1.35. The summed E-state index contributed by atoms with van der Waals surface area (Å²) >= 11 is 0. The molecule has 0 saturated heterocycles. The fourth-order valence-electron chi connectivity index (χ4n) is 1.46. The van der Waals surface area contributed by atoms with Crippen LogP contribution in [0.5, 0.6) is 5.75 Å². The van der Waals surface area contributed by atoms with Gasteiger partial charge in [-0.05, 0) is 37.6 Å². The molecule has 0 amide bonds. The molecule has 2 heteroatoms. The lowest BCUT2D eigenvalue weighted by Crippen LogP contribution is -1.84. The second-order valence-corrected chi connectivity index (χ2v) is 3.31. The summed E-state index contributed by atoms with van der Waals surface area (Å²) in [6.07, 6.45) is 0. The molecule has 0 radical (unpaired) electrons. The minimum absolute atomic E-state index is 0.263. The molecule has 1 aromatic carbocycles. The van der Waals surface area contributed by atoms with Crippen molar-refractivity contribution >= 4 is 10.9 Å². The summed E-state index contributed by atoms with van der Waals surface area (Å²) < 4.78 is 0. The Bertz CT molecular complexity index is 463. The highest BCUT2D eigenvalue weighted by Crippen LogP contribution is 2.24. The first kappa shape index (κ1) is 8.05. The van der Waals surface area contributed by atoms with Crippen LogP contribution in [-0.2, 0) is 0 Å². The Labute approximate surface area is 76.9 Å². The van der Waals surface area contributed by atoms with Crippen molar-refractivity contribution in [3.05, 3.63) is 35.5 Å². The van der Waals surface area contributed by atoms with E-state index < -0.39 is 0 Å². The van der Waals surface area contributed by atoms with Gasteiger partial charge in [0, 0.05) is 11.1 Å². The van der Waals surface area contributed by atoms with E-state index in [0.717, 1.165) is 16.6 Å². The average Bonchev–Trinajstić information content (AvgIpc) is 2.06. The molecule has 0 fully saturated rings. The maximum absolute atomic E-state index is 9.61. The molecule has 2 aromatic rings. The molecular weight excluding hydrogens is 162 g/mol. The zero-order valence-electron chi connectivity index (χ0n) is 7.70.